The first kappa shape index (κ1) is 29.0. The van der Waals surface area contributed by atoms with Gasteiger partial charge in [0.2, 0.25) is 0 Å². The van der Waals surface area contributed by atoms with Crippen LogP contribution in [-0.4, -0.2) is 54.2 Å². The van der Waals surface area contributed by atoms with Gasteiger partial charge in [0.15, 0.2) is 17.0 Å². The molecule has 3 heterocycles. The molecule has 2 aromatic heterocycles. The van der Waals surface area contributed by atoms with Gasteiger partial charge >= 0.3 is 6.09 Å². The van der Waals surface area contributed by atoms with E-state index in [9.17, 15) is 9.90 Å². The standard InChI is InChI=1S/C33H32Cl2N6O2/c1-32(2,3)41(31(42)43)33(22-9-5-4-6-10-22)17-19-39(20-18-33)29-27-30(37-21-36-29)40(24-15-13-23(34)14-16-24)28(38-27)25-11-7-8-12-26(25)35/h4-16,21H,17-20H2,1-3H3,(H,42,43). The fourth-order valence-corrected chi connectivity index (χ4v) is 6.71. The second-order valence-corrected chi connectivity index (χ2v) is 12.6. The van der Waals surface area contributed by atoms with Gasteiger partial charge in [0, 0.05) is 34.9 Å². The smallest absolute Gasteiger partial charge is 0.408 e. The largest absolute Gasteiger partial charge is 0.465 e. The fourth-order valence-electron chi connectivity index (χ4n) is 6.36. The molecule has 0 bridgehead atoms. The van der Waals surface area contributed by atoms with Gasteiger partial charge in [-0.25, -0.2) is 19.7 Å². The van der Waals surface area contributed by atoms with Crippen molar-refractivity contribution in [2.75, 3.05) is 18.0 Å². The van der Waals surface area contributed by atoms with E-state index in [0.29, 0.717) is 58.8 Å². The van der Waals surface area contributed by atoms with E-state index in [0.717, 1.165) is 16.8 Å². The molecule has 0 atom stereocenters. The number of benzene rings is 3. The lowest BCUT2D eigenvalue weighted by molar-refractivity contribution is -0.00156. The topological polar surface area (TPSA) is 87.4 Å². The van der Waals surface area contributed by atoms with Crippen LogP contribution in [0.3, 0.4) is 0 Å². The van der Waals surface area contributed by atoms with Crippen LogP contribution in [-0.2, 0) is 5.54 Å². The SMILES string of the molecule is CC(C)(C)N(C(=O)O)C1(c2ccccc2)CCN(c2ncnc3c2nc(-c2ccccc2Cl)n3-c2ccc(Cl)cc2)CC1. The summed E-state index contributed by atoms with van der Waals surface area (Å²) in [7, 11) is 0. The summed E-state index contributed by atoms with van der Waals surface area (Å²) >= 11 is 12.9. The third kappa shape index (κ3) is 5.19. The molecule has 43 heavy (non-hydrogen) atoms. The number of carbonyl (C=O) groups is 1. The first-order valence-corrected chi connectivity index (χ1v) is 14.9. The number of hydrogen-bond acceptors (Lipinski definition) is 5. The first-order valence-electron chi connectivity index (χ1n) is 14.2. The lowest BCUT2D eigenvalue weighted by atomic mass is 9.77. The van der Waals surface area contributed by atoms with Gasteiger partial charge < -0.3 is 10.0 Å². The van der Waals surface area contributed by atoms with E-state index in [1.807, 2.05) is 104 Å². The fraction of sp³-hybridized carbons (Fsp3) is 0.273. The minimum Gasteiger partial charge on any atom is -0.465 e. The maximum absolute atomic E-state index is 12.8. The van der Waals surface area contributed by atoms with E-state index < -0.39 is 17.2 Å². The summed E-state index contributed by atoms with van der Waals surface area (Å²) in [5.74, 6) is 1.34. The lowest BCUT2D eigenvalue weighted by Gasteiger charge is -2.53. The second-order valence-electron chi connectivity index (χ2n) is 11.8. The Morgan fingerprint density at radius 2 is 1.56 bits per heavy atom. The number of piperidine rings is 1. The zero-order valence-corrected chi connectivity index (χ0v) is 25.7. The number of carboxylic acid groups (broad SMARTS) is 1. The minimum atomic E-state index is -0.930. The van der Waals surface area contributed by atoms with Crippen LogP contribution < -0.4 is 4.90 Å². The predicted molar refractivity (Wildman–Crippen MR) is 171 cm³/mol. The highest BCUT2D eigenvalue weighted by Crippen LogP contribution is 2.44. The average molecular weight is 616 g/mol. The summed E-state index contributed by atoms with van der Waals surface area (Å²) < 4.78 is 1.97. The molecule has 10 heteroatoms. The molecule has 0 spiro atoms. The number of amides is 1. The summed E-state index contributed by atoms with van der Waals surface area (Å²) in [5.41, 5.74) is 2.59. The van der Waals surface area contributed by atoms with Crippen molar-refractivity contribution in [1.82, 2.24) is 24.4 Å². The summed E-state index contributed by atoms with van der Waals surface area (Å²) in [6.07, 6.45) is 1.79. The Labute approximate surface area is 260 Å². The highest BCUT2D eigenvalue weighted by molar-refractivity contribution is 6.33. The van der Waals surface area contributed by atoms with Crippen molar-refractivity contribution in [3.05, 3.63) is 101 Å². The summed E-state index contributed by atoms with van der Waals surface area (Å²) in [6.45, 7) is 7.01. The number of imidazole rings is 1. The van der Waals surface area contributed by atoms with Gasteiger partial charge in [-0.05, 0) is 75.6 Å². The highest BCUT2D eigenvalue weighted by atomic mass is 35.5. The molecular weight excluding hydrogens is 583 g/mol. The van der Waals surface area contributed by atoms with E-state index in [-0.39, 0.29) is 0 Å². The van der Waals surface area contributed by atoms with Crippen molar-refractivity contribution < 1.29 is 9.90 Å². The van der Waals surface area contributed by atoms with Gasteiger partial charge in [0.1, 0.15) is 12.2 Å². The maximum Gasteiger partial charge on any atom is 0.408 e. The van der Waals surface area contributed by atoms with Gasteiger partial charge in [-0.15, -0.1) is 0 Å². The van der Waals surface area contributed by atoms with Crippen LogP contribution in [0.15, 0.2) is 85.2 Å². The molecule has 1 fully saturated rings. The van der Waals surface area contributed by atoms with Crippen LogP contribution in [0.5, 0.6) is 0 Å². The molecule has 0 radical (unpaired) electrons. The van der Waals surface area contributed by atoms with Crippen molar-refractivity contribution in [3.63, 3.8) is 0 Å². The summed E-state index contributed by atoms with van der Waals surface area (Å²) in [5, 5.41) is 11.7. The van der Waals surface area contributed by atoms with Gasteiger partial charge in [-0.3, -0.25) is 9.47 Å². The summed E-state index contributed by atoms with van der Waals surface area (Å²) in [4.78, 5) is 31.1. The number of anilines is 1. The molecule has 0 aliphatic carbocycles. The molecule has 1 aliphatic heterocycles. The quantitative estimate of drug-likeness (QED) is 0.215. The van der Waals surface area contributed by atoms with Gasteiger partial charge in [0.25, 0.3) is 0 Å². The normalized spacial score (nSPS) is 15.0. The summed E-state index contributed by atoms with van der Waals surface area (Å²) in [6, 6.07) is 25.1. The molecule has 1 saturated heterocycles. The maximum atomic E-state index is 12.8. The van der Waals surface area contributed by atoms with E-state index in [1.165, 1.54) is 0 Å². The van der Waals surface area contributed by atoms with Crippen molar-refractivity contribution in [2.45, 2.75) is 44.7 Å². The van der Waals surface area contributed by atoms with Crippen molar-refractivity contribution in [1.29, 1.82) is 0 Å². The molecule has 0 saturated carbocycles. The zero-order valence-electron chi connectivity index (χ0n) is 24.2. The number of hydrogen-bond donors (Lipinski definition) is 1. The van der Waals surface area contributed by atoms with Crippen LogP contribution in [0.2, 0.25) is 10.0 Å². The number of rotatable bonds is 5. The van der Waals surface area contributed by atoms with Crippen LogP contribution in [0, 0.1) is 0 Å². The third-order valence-electron chi connectivity index (χ3n) is 8.12. The Hall–Kier alpha value is -4.14. The molecular formula is C33H32Cl2N6O2. The molecule has 220 valence electrons. The van der Waals surface area contributed by atoms with Crippen LogP contribution >= 0.6 is 23.2 Å². The molecule has 8 nitrogen and oxygen atoms in total. The van der Waals surface area contributed by atoms with Crippen LogP contribution in [0.4, 0.5) is 10.6 Å². The van der Waals surface area contributed by atoms with Gasteiger partial charge in [0.05, 0.1) is 10.6 Å². The van der Waals surface area contributed by atoms with Crippen molar-refractivity contribution in [2.24, 2.45) is 0 Å². The van der Waals surface area contributed by atoms with E-state index in [2.05, 4.69) is 9.88 Å². The number of aromatic nitrogens is 4. The number of fused-ring (bicyclic) bond motifs is 1. The second kappa shape index (κ2) is 11.2. The minimum absolute atomic E-state index is 0.573. The van der Waals surface area contributed by atoms with Crippen LogP contribution in [0.1, 0.15) is 39.2 Å². The van der Waals surface area contributed by atoms with E-state index >= 15 is 0 Å². The van der Waals surface area contributed by atoms with Gasteiger partial charge in [-0.2, -0.15) is 0 Å². The third-order valence-corrected chi connectivity index (χ3v) is 8.70. The Kier molecular flexibility index (Phi) is 7.52. The number of nitrogens with zero attached hydrogens (tertiary/aromatic N) is 6. The Balaban J connectivity index is 1.46. The average Bonchev–Trinajstić information content (AvgIpc) is 3.37. The van der Waals surface area contributed by atoms with E-state index in [1.54, 1.807) is 11.2 Å². The zero-order chi connectivity index (χ0) is 30.4. The van der Waals surface area contributed by atoms with Gasteiger partial charge in [-0.1, -0.05) is 65.7 Å². The molecule has 3 aromatic carbocycles. The molecule has 0 unspecified atom stereocenters. The Morgan fingerprint density at radius 1 is 0.907 bits per heavy atom. The molecule has 1 N–H and O–H groups in total. The molecule has 5 aromatic rings. The van der Waals surface area contributed by atoms with E-state index in [4.69, 9.17) is 33.2 Å². The highest BCUT2D eigenvalue weighted by Gasteiger charge is 2.48. The van der Waals surface area contributed by atoms with Crippen molar-refractivity contribution in [3.8, 4) is 17.1 Å². The molecule has 1 aliphatic rings. The predicted octanol–water partition coefficient (Wildman–Crippen LogP) is 8.06. The first-order chi connectivity index (χ1) is 20.6. The molecule has 6 rings (SSSR count). The molecule has 1 amide bonds. The lowest BCUT2D eigenvalue weighted by Crippen LogP contribution is -2.61. The number of halogens is 2. The Morgan fingerprint density at radius 3 is 2.19 bits per heavy atom. The monoisotopic (exact) mass is 614 g/mol. The van der Waals surface area contributed by atoms with Crippen molar-refractivity contribution >= 4 is 46.3 Å². The van der Waals surface area contributed by atoms with Crippen LogP contribution in [0.25, 0.3) is 28.2 Å². The Bertz CT molecular complexity index is 1780.